The molecule has 2 rings (SSSR count). The molecule has 2 amide bonds. The number of halogens is 1. The summed E-state index contributed by atoms with van der Waals surface area (Å²) in [7, 11) is 0. The Morgan fingerprint density at radius 3 is 2.57 bits per heavy atom. The van der Waals surface area contributed by atoms with Gasteiger partial charge in [-0.1, -0.05) is 12.1 Å². The molecule has 21 heavy (non-hydrogen) atoms. The topological polar surface area (TPSA) is 71.1 Å². The summed E-state index contributed by atoms with van der Waals surface area (Å²) >= 11 is 0. The zero-order valence-corrected chi connectivity index (χ0v) is 11.6. The Morgan fingerprint density at radius 2 is 1.90 bits per heavy atom. The van der Waals surface area contributed by atoms with Gasteiger partial charge in [0.05, 0.1) is 0 Å². The number of nitrogens with one attached hydrogen (secondary N) is 2. The molecule has 0 aliphatic heterocycles. The maximum Gasteiger partial charge on any atom is 0.274 e. The summed E-state index contributed by atoms with van der Waals surface area (Å²) in [6, 6.07) is 9.08. The average molecular weight is 287 g/mol. The molecule has 0 saturated carbocycles. The normalized spacial score (nSPS) is 10.0. The van der Waals surface area contributed by atoms with Crippen LogP contribution in [-0.2, 0) is 4.79 Å². The number of hydrogen-bond acceptors (Lipinski definition) is 3. The first kappa shape index (κ1) is 14.6. The van der Waals surface area contributed by atoms with Gasteiger partial charge in [0.15, 0.2) is 0 Å². The van der Waals surface area contributed by atoms with E-state index in [1.165, 1.54) is 19.1 Å². The van der Waals surface area contributed by atoms with E-state index in [0.29, 0.717) is 11.4 Å². The predicted molar refractivity (Wildman–Crippen MR) is 77.6 cm³/mol. The van der Waals surface area contributed by atoms with Crippen LogP contribution < -0.4 is 10.6 Å². The molecule has 0 fully saturated rings. The molecular formula is C15H14FN3O2. The minimum atomic E-state index is -0.717. The van der Waals surface area contributed by atoms with Crippen molar-refractivity contribution in [2.24, 2.45) is 0 Å². The molecule has 6 heteroatoms. The van der Waals surface area contributed by atoms with E-state index in [2.05, 4.69) is 15.6 Å². The Kier molecular flexibility index (Phi) is 4.27. The fraction of sp³-hybridized carbons (Fsp3) is 0.133. The van der Waals surface area contributed by atoms with Crippen LogP contribution in [0.5, 0.6) is 0 Å². The number of carbonyl (C=O) groups is 2. The second-order valence-electron chi connectivity index (χ2n) is 4.51. The monoisotopic (exact) mass is 287 g/mol. The van der Waals surface area contributed by atoms with Crippen LogP contribution in [0.3, 0.4) is 0 Å². The zero-order valence-electron chi connectivity index (χ0n) is 11.6. The van der Waals surface area contributed by atoms with Gasteiger partial charge in [-0.05, 0) is 36.8 Å². The molecule has 1 heterocycles. The number of aromatic nitrogens is 1. The van der Waals surface area contributed by atoms with Crippen molar-refractivity contribution < 1.29 is 14.0 Å². The lowest BCUT2D eigenvalue weighted by molar-refractivity contribution is -0.114. The highest BCUT2D eigenvalue weighted by Crippen LogP contribution is 2.20. The van der Waals surface area contributed by atoms with Crippen molar-refractivity contribution in [1.29, 1.82) is 0 Å². The van der Waals surface area contributed by atoms with E-state index >= 15 is 0 Å². The standard InChI is InChI=1S/C15H14FN3O2/c1-9-6-7-11(8-13(9)17-10(2)20)18-15(21)12-4-3-5-14(16)19-12/h3-8H,1-2H3,(H,17,20)(H,18,21). The molecule has 0 aliphatic rings. The average Bonchev–Trinajstić information content (AvgIpc) is 2.42. The second-order valence-corrected chi connectivity index (χ2v) is 4.51. The van der Waals surface area contributed by atoms with Gasteiger partial charge in [0.25, 0.3) is 5.91 Å². The molecule has 2 aromatic rings. The predicted octanol–water partition coefficient (Wildman–Crippen LogP) is 2.74. The number of pyridine rings is 1. The van der Waals surface area contributed by atoms with Gasteiger partial charge >= 0.3 is 0 Å². The van der Waals surface area contributed by atoms with Crippen molar-refractivity contribution in [3.63, 3.8) is 0 Å². The van der Waals surface area contributed by atoms with Crippen molar-refractivity contribution in [2.75, 3.05) is 10.6 Å². The van der Waals surface area contributed by atoms with Crippen LogP contribution in [0.25, 0.3) is 0 Å². The molecule has 0 spiro atoms. The van der Waals surface area contributed by atoms with Gasteiger partial charge in [-0.2, -0.15) is 4.39 Å². The van der Waals surface area contributed by atoms with Crippen molar-refractivity contribution in [3.8, 4) is 0 Å². The molecule has 0 unspecified atom stereocenters. The van der Waals surface area contributed by atoms with Gasteiger partial charge in [-0.3, -0.25) is 9.59 Å². The lowest BCUT2D eigenvalue weighted by Crippen LogP contribution is -2.15. The van der Waals surface area contributed by atoms with E-state index in [0.717, 1.165) is 11.6 Å². The first-order valence-corrected chi connectivity index (χ1v) is 6.28. The molecule has 0 bridgehead atoms. The molecule has 1 aromatic heterocycles. The van der Waals surface area contributed by atoms with Gasteiger partial charge in [0.2, 0.25) is 11.9 Å². The third-order valence-electron chi connectivity index (χ3n) is 2.75. The molecular weight excluding hydrogens is 273 g/mol. The van der Waals surface area contributed by atoms with Crippen molar-refractivity contribution in [2.45, 2.75) is 13.8 Å². The van der Waals surface area contributed by atoms with Gasteiger partial charge in [-0.15, -0.1) is 0 Å². The van der Waals surface area contributed by atoms with Gasteiger partial charge < -0.3 is 10.6 Å². The van der Waals surface area contributed by atoms with Crippen molar-refractivity contribution in [1.82, 2.24) is 4.98 Å². The second kappa shape index (κ2) is 6.13. The Balaban J connectivity index is 2.19. The summed E-state index contributed by atoms with van der Waals surface area (Å²) in [5.74, 6) is -1.44. The number of rotatable bonds is 3. The number of aryl methyl sites for hydroxylation is 1. The molecule has 108 valence electrons. The maximum atomic E-state index is 13.0. The molecule has 0 atom stereocenters. The van der Waals surface area contributed by atoms with Crippen molar-refractivity contribution >= 4 is 23.2 Å². The summed E-state index contributed by atoms with van der Waals surface area (Å²) in [4.78, 5) is 26.6. The summed E-state index contributed by atoms with van der Waals surface area (Å²) in [5.41, 5.74) is 1.94. The Hall–Kier alpha value is -2.76. The summed E-state index contributed by atoms with van der Waals surface area (Å²) in [5, 5.41) is 5.28. The van der Waals surface area contributed by atoms with Crippen LogP contribution in [0.1, 0.15) is 23.0 Å². The van der Waals surface area contributed by atoms with Crippen LogP contribution in [0.2, 0.25) is 0 Å². The van der Waals surface area contributed by atoms with Crippen LogP contribution >= 0.6 is 0 Å². The van der Waals surface area contributed by atoms with Gasteiger partial charge in [0.1, 0.15) is 5.69 Å². The largest absolute Gasteiger partial charge is 0.326 e. The highest BCUT2D eigenvalue weighted by Gasteiger charge is 2.10. The van der Waals surface area contributed by atoms with Gasteiger partial charge in [-0.25, -0.2) is 4.98 Å². The Labute approximate surface area is 121 Å². The van der Waals surface area contributed by atoms with E-state index in [4.69, 9.17) is 0 Å². The lowest BCUT2D eigenvalue weighted by Gasteiger charge is -2.10. The first-order valence-electron chi connectivity index (χ1n) is 6.28. The van der Waals surface area contributed by atoms with E-state index < -0.39 is 11.9 Å². The minimum Gasteiger partial charge on any atom is -0.326 e. The quantitative estimate of drug-likeness (QED) is 0.853. The maximum absolute atomic E-state index is 13.0. The van der Waals surface area contributed by atoms with E-state index in [9.17, 15) is 14.0 Å². The molecule has 5 nitrogen and oxygen atoms in total. The summed E-state index contributed by atoms with van der Waals surface area (Å²) in [6.45, 7) is 3.24. The minimum absolute atomic E-state index is 0.0170. The zero-order chi connectivity index (χ0) is 15.4. The van der Waals surface area contributed by atoms with Crippen LogP contribution in [0.4, 0.5) is 15.8 Å². The first-order chi connectivity index (χ1) is 9.95. The van der Waals surface area contributed by atoms with E-state index in [1.54, 1.807) is 18.2 Å². The molecule has 0 saturated heterocycles. The number of anilines is 2. The molecule has 2 N–H and O–H groups in total. The molecule has 1 aromatic carbocycles. The third-order valence-corrected chi connectivity index (χ3v) is 2.75. The fourth-order valence-electron chi connectivity index (χ4n) is 1.75. The Bertz CT molecular complexity index is 701. The van der Waals surface area contributed by atoms with Crippen molar-refractivity contribution in [3.05, 3.63) is 53.6 Å². The van der Waals surface area contributed by atoms with Crippen LogP contribution in [0, 0.1) is 12.9 Å². The summed E-state index contributed by atoms with van der Waals surface area (Å²) < 4.78 is 13.0. The smallest absolute Gasteiger partial charge is 0.274 e. The van der Waals surface area contributed by atoms with E-state index in [-0.39, 0.29) is 11.6 Å². The number of hydrogen-bond donors (Lipinski definition) is 2. The highest BCUT2D eigenvalue weighted by molar-refractivity contribution is 6.03. The number of benzene rings is 1. The highest BCUT2D eigenvalue weighted by atomic mass is 19.1. The number of amides is 2. The fourth-order valence-corrected chi connectivity index (χ4v) is 1.75. The molecule has 0 radical (unpaired) electrons. The van der Waals surface area contributed by atoms with Crippen LogP contribution in [0.15, 0.2) is 36.4 Å². The lowest BCUT2D eigenvalue weighted by atomic mass is 10.1. The number of nitrogens with zero attached hydrogens (tertiary/aromatic N) is 1. The number of carbonyl (C=O) groups excluding carboxylic acids is 2. The van der Waals surface area contributed by atoms with E-state index in [1.807, 2.05) is 6.92 Å². The van der Waals surface area contributed by atoms with Gasteiger partial charge in [0, 0.05) is 18.3 Å². The third kappa shape index (κ3) is 3.85. The summed E-state index contributed by atoms with van der Waals surface area (Å²) in [6.07, 6.45) is 0. The Morgan fingerprint density at radius 1 is 1.14 bits per heavy atom. The molecule has 0 aliphatic carbocycles. The SMILES string of the molecule is CC(=O)Nc1cc(NC(=O)c2cccc(F)n2)ccc1C. The van der Waals surface area contributed by atoms with Crippen LogP contribution in [-0.4, -0.2) is 16.8 Å².